The first kappa shape index (κ1) is 38.5. The van der Waals surface area contributed by atoms with Crippen molar-refractivity contribution >= 4 is 23.5 Å². The lowest BCUT2D eigenvalue weighted by Gasteiger charge is -2.62. The topological polar surface area (TPSA) is 125 Å². The summed E-state index contributed by atoms with van der Waals surface area (Å²) in [6.07, 6.45) is 8.76. The Hall–Kier alpha value is -3.23. The molecule has 0 saturated heterocycles. The Labute approximate surface area is 310 Å². The molecule has 4 aliphatic rings. The van der Waals surface area contributed by atoms with Crippen LogP contribution in [0.15, 0.2) is 48.5 Å². The lowest BCUT2D eigenvalue weighted by atomic mass is 9.43. The van der Waals surface area contributed by atoms with Crippen LogP contribution in [0.4, 0.5) is 5.69 Å². The fourth-order valence-corrected chi connectivity index (χ4v) is 11.5. The highest BCUT2D eigenvalue weighted by Crippen LogP contribution is 2.68. The number of rotatable bonds is 12. The van der Waals surface area contributed by atoms with Crippen molar-refractivity contribution in [3.63, 3.8) is 0 Å². The van der Waals surface area contributed by atoms with E-state index in [9.17, 15) is 24.6 Å². The summed E-state index contributed by atoms with van der Waals surface area (Å²) < 4.78 is 5.63. The van der Waals surface area contributed by atoms with Crippen LogP contribution in [0.5, 0.6) is 0 Å². The number of fused-ring (bicyclic) bond motifs is 5. The maximum atomic E-state index is 13.5. The highest BCUT2D eigenvalue weighted by atomic mass is 16.5. The van der Waals surface area contributed by atoms with Gasteiger partial charge in [0.2, 0.25) is 11.8 Å². The van der Waals surface area contributed by atoms with E-state index in [0.717, 1.165) is 73.7 Å². The smallest absolute Gasteiger partial charge is 0.328 e. The number of amides is 2. The van der Waals surface area contributed by atoms with E-state index >= 15 is 0 Å². The van der Waals surface area contributed by atoms with E-state index < -0.39 is 12.0 Å². The van der Waals surface area contributed by atoms with Gasteiger partial charge in [-0.05, 0) is 147 Å². The number of aryl methyl sites for hydroxylation is 1. The van der Waals surface area contributed by atoms with Crippen LogP contribution in [0, 0.1) is 60.2 Å². The second-order valence-electron chi connectivity index (χ2n) is 17.5. The van der Waals surface area contributed by atoms with Crippen molar-refractivity contribution in [2.45, 2.75) is 137 Å². The normalized spacial score (nSPS) is 33.5. The number of aliphatic hydroxyl groups is 2. The molecule has 52 heavy (non-hydrogen) atoms. The van der Waals surface area contributed by atoms with Crippen LogP contribution in [0.2, 0.25) is 0 Å². The lowest BCUT2D eigenvalue weighted by Crippen LogP contribution is -2.58. The van der Waals surface area contributed by atoms with E-state index in [-0.39, 0.29) is 54.3 Å². The largest absolute Gasteiger partial charge is 0.459 e. The SMILES string of the molecule is Cc1cccc(NC(=O)CC[C@H](NC(=O)CC[C@@H](C)[C@H]2CC[C@H]3[C@@H]4[C@H](O)C[C@@H]5C[C@H](O)CC[C@]5(C)[C@H]4CC[C@]23C)C(=O)OCc2ccccc2)c1C. The molecule has 2 aromatic carbocycles. The quantitative estimate of drug-likeness (QED) is 0.168. The summed E-state index contributed by atoms with van der Waals surface area (Å²) in [6, 6.07) is 14.3. The average Bonchev–Trinajstić information content (AvgIpc) is 3.48. The Morgan fingerprint density at radius 1 is 0.846 bits per heavy atom. The number of carbonyl (C=O) groups excluding carboxylic acids is 3. The first-order valence-corrected chi connectivity index (χ1v) is 20.0. The highest BCUT2D eigenvalue weighted by Gasteiger charge is 2.62. The molecule has 0 radical (unpaired) electrons. The minimum absolute atomic E-state index is 0.0609. The van der Waals surface area contributed by atoms with Crippen LogP contribution in [-0.2, 0) is 25.7 Å². The van der Waals surface area contributed by atoms with Crippen molar-refractivity contribution in [1.82, 2.24) is 5.32 Å². The molecule has 2 aromatic rings. The maximum absolute atomic E-state index is 13.5. The molecule has 4 N–H and O–H groups in total. The molecule has 8 heteroatoms. The molecule has 0 unspecified atom stereocenters. The predicted molar refractivity (Wildman–Crippen MR) is 203 cm³/mol. The molecule has 0 bridgehead atoms. The minimum Gasteiger partial charge on any atom is -0.459 e. The number of aliphatic hydroxyl groups excluding tert-OH is 2. The van der Waals surface area contributed by atoms with Crippen LogP contribution < -0.4 is 10.6 Å². The Balaban J connectivity index is 1.06. The molecule has 0 aliphatic heterocycles. The van der Waals surface area contributed by atoms with E-state index in [4.69, 9.17) is 4.74 Å². The second kappa shape index (κ2) is 16.0. The van der Waals surface area contributed by atoms with E-state index in [2.05, 4.69) is 31.4 Å². The minimum atomic E-state index is -0.932. The number of nitrogens with one attached hydrogen (secondary N) is 2. The number of anilines is 1. The molecule has 0 spiro atoms. The van der Waals surface area contributed by atoms with Crippen molar-refractivity contribution in [1.29, 1.82) is 0 Å². The van der Waals surface area contributed by atoms with E-state index in [1.807, 2.05) is 62.4 Å². The molecule has 6 rings (SSSR count). The van der Waals surface area contributed by atoms with Gasteiger partial charge in [0.1, 0.15) is 12.6 Å². The van der Waals surface area contributed by atoms with Gasteiger partial charge in [0.05, 0.1) is 12.2 Å². The monoisotopic (exact) mass is 714 g/mol. The molecule has 284 valence electrons. The summed E-state index contributed by atoms with van der Waals surface area (Å²) in [5.74, 6) is 1.53. The van der Waals surface area contributed by atoms with Gasteiger partial charge in [-0.2, -0.15) is 0 Å². The van der Waals surface area contributed by atoms with Crippen LogP contribution >= 0.6 is 0 Å². The van der Waals surface area contributed by atoms with Gasteiger partial charge < -0.3 is 25.6 Å². The zero-order valence-corrected chi connectivity index (χ0v) is 32.0. The highest BCUT2D eigenvalue weighted by molar-refractivity contribution is 5.92. The summed E-state index contributed by atoms with van der Waals surface area (Å²) in [7, 11) is 0. The predicted octanol–water partition coefficient (Wildman–Crippen LogP) is 7.66. The first-order chi connectivity index (χ1) is 24.8. The molecule has 4 saturated carbocycles. The number of hydrogen-bond acceptors (Lipinski definition) is 6. The molecular weight excluding hydrogens is 652 g/mol. The number of benzene rings is 2. The van der Waals surface area contributed by atoms with Crippen LogP contribution in [0.3, 0.4) is 0 Å². The second-order valence-corrected chi connectivity index (χ2v) is 17.5. The molecule has 8 nitrogen and oxygen atoms in total. The summed E-state index contributed by atoms with van der Waals surface area (Å²) in [5, 5.41) is 27.9. The lowest BCUT2D eigenvalue weighted by molar-refractivity contribution is -0.174. The third-order valence-corrected chi connectivity index (χ3v) is 14.6. The Morgan fingerprint density at radius 3 is 2.33 bits per heavy atom. The molecule has 11 atom stereocenters. The van der Waals surface area contributed by atoms with Gasteiger partial charge in [-0.25, -0.2) is 4.79 Å². The van der Waals surface area contributed by atoms with Crippen LogP contribution in [0.1, 0.15) is 115 Å². The summed E-state index contributed by atoms with van der Waals surface area (Å²) >= 11 is 0. The van der Waals surface area contributed by atoms with Crippen LogP contribution in [0.25, 0.3) is 0 Å². The van der Waals surface area contributed by atoms with E-state index in [1.54, 1.807) is 0 Å². The van der Waals surface area contributed by atoms with Gasteiger partial charge in [-0.15, -0.1) is 0 Å². The molecular formula is C44H62N2O6. The average molecular weight is 715 g/mol. The fourth-order valence-electron chi connectivity index (χ4n) is 11.5. The Kier molecular flexibility index (Phi) is 11.9. The van der Waals surface area contributed by atoms with Gasteiger partial charge in [0.25, 0.3) is 0 Å². The van der Waals surface area contributed by atoms with Gasteiger partial charge in [-0.1, -0.05) is 63.2 Å². The first-order valence-electron chi connectivity index (χ1n) is 20.0. The zero-order chi connectivity index (χ0) is 37.2. The Morgan fingerprint density at radius 2 is 1.56 bits per heavy atom. The van der Waals surface area contributed by atoms with Gasteiger partial charge in [-0.3, -0.25) is 9.59 Å². The summed E-state index contributed by atoms with van der Waals surface area (Å²) in [6.45, 7) is 11.2. The molecule has 2 amide bonds. The fraction of sp³-hybridized carbons (Fsp3) is 0.659. The van der Waals surface area contributed by atoms with Gasteiger partial charge >= 0.3 is 5.97 Å². The third-order valence-electron chi connectivity index (χ3n) is 14.6. The number of ether oxygens (including phenoxy) is 1. The van der Waals surface area contributed by atoms with Crippen molar-refractivity contribution in [3.05, 3.63) is 65.2 Å². The maximum Gasteiger partial charge on any atom is 0.328 e. The van der Waals surface area contributed by atoms with Crippen molar-refractivity contribution in [2.75, 3.05) is 5.32 Å². The molecule has 4 fully saturated rings. The van der Waals surface area contributed by atoms with Crippen molar-refractivity contribution in [2.24, 2.45) is 46.3 Å². The summed E-state index contributed by atoms with van der Waals surface area (Å²) in [5.41, 5.74) is 4.00. The number of carbonyl (C=O) groups is 3. The Bertz CT molecular complexity index is 1580. The molecule has 4 aliphatic carbocycles. The van der Waals surface area contributed by atoms with Crippen molar-refractivity contribution < 1.29 is 29.3 Å². The van der Waals surface area contributed by atoms with E-state index in [0.29, 0.717) is 48.3 Å². The van der Waals surface area contributed by atoms with E-state index in [1.165, 1.54) is 0 Å². The zero-order valence-electron chi connectivity index (χ0n) is 32.0. The van der Waals surface area contributed by atoms with Gasteiger partial charge in [0.15, 0.2) is 0 Å². The third kappa shape index (κ3) is 7.99. The molecule has 0 aromatic heterocycles. The molecule has 0 heterocycles. The van der Waals surface area contributed by atoms with Gasteiger partial charge in [0, 0.05) is 18.5 Å². The standard InChI is InChI=1S/C44H62N2O6/c1-27-10-9-13-36(29(27)3)45-40(50)19-17-37(42(51)52-26-30-11-7-6-8-12-30)46-39(49)18-14-28(2)33-15-16-34-41-35(21-23-44(33,34)5)43(4)22-20-32(47)24-31(43)25-38(41)48/h6-13,28,31-35,37-38,41,47-48H,14-26H2,1-5H3,(H,45,50)(H,46,49)/t28-,31+,32-,33-,34+,35+,37+,38-,41+,43+,44-/m1/s1. The van der Waals surface area contributed by atoms with Crippen LogP contribution in [-0.4, -0.2) is 46.2 Å². The summed E-state index contributed by atoms with van der Waals surface area (Å²) in [4.78, 5) is 39.8. The number of esters is 1. The van der Waals surface area contributed by atoms with Crippen molar-refractivity contribution in [3.8, 4) is 0 Å². The number of hydrogen-bond donors (Lipinski definition) is 4.